The van der Waals surface area contributed by atoms with Crippen molar-refractivity contribution < 1.29 is 0 Å². The first-order chi connectivity index (χ1) is 6.81. The zero-order valence-electron chi connectivity index (χ0n) is 8.31. The van der Waals surface area contributed by atoms with Gasteiger partial charge in [-0.3, -0.25) is 4.98 Å². The minimum Gasteiger partial charge on any atom is -0.314 e. The Morgan fingerprint density at radius 1 is 1.43 bits per heavy atom. The molecule has 0 aromatic carbocycles. The van der Waals surface area contributed by atoms with Crippen LogP contribution in [0.3, 0.4) is 0 Å². The number of hydrogen-bond donors (Lipinski definition) is 0. The van der Waals surface area contributed by atoms with Crippen LogP contribution < -0.4 is 0 Å². The van der Waals surface area contributed by atoms with Crippen molar-refractivity contribution in [1.29, 1.82) is 0 Å². The van der Waals surface area contributed by atoms with Gasteiger partial charge in [0.1, 0.15) is 6.33 Å². The maximum absolute atomic E-state index is 4.15. The van der Waals surface area contributed by atoms with Gasteiger partial charge in [-0.25, -0.2) is 0 Å². The molecule has 0 saturated heterocycles. The summed E-state index contributed by atoms with van der Waals surface area (Å²) in [6.45, 7) is 4.92. The highest BCUT2D eigenvalue weighted by atomic mass is 15.3. The lowest BCUT2D eigenvalue weighted by Crippen LogP contribution is -1.96. The lowest BCUT2D eigenvalue weighted by atomic mass is 10.2. The van der Waals surface area contributed by atoms with Gasteiger partial charge in [-0.15, -0.1) is 10.2 Å². The van der Waals surface area contributed by atoms with Crippen LogP contribution in [0.1, 0.15) is 12.6 Å². The molecule has 2 rings (SSSR count). The van der Waals surface area contributed by atoms with Gasteiger partial charge < -0.3 is 4.57 Å². The minimum atomic E-state index is 0.879. The van der Waals surface area contributed by atoms with Gasteiger partial charge in [-0.05, 0) is 26.0 Å². The molecule has 14 heavy (non-hydrogen) atoms. The molecule has 72 valence electrons. The Morgan fingerprint density at radius 3 is 3.00 bits per heavy atom. The van der Waals surface area contributed by atoms with Gasteiger partial charge in [0, 0.05) is 24.0 Å². The molecule has 0 fully saturated rings. The first-order valence-corrected chi connectivity index (χ1v) is 4.62. The second-order valence-electron chi connectivity index (χ2n) is 3.13. The predicted octanol–water partition coefficient (Wildman–Crippen LogP) is 1.67. The van der Waals surface area contributed by atoms with Crippen molar-refractivity contribution in [3.05, 3.63) is 30.4 Å². The molecule has 0 aliphatic heterocycles. The summed E-state index contributed by atoms with van der Waals surface area (Å²) in [7, 11) is 0. The summed E-state index contributed by atoms with van der Waals surface area (Å²) >= 11 is 0. The number of aryl methyl sites for hydroxylation is 2. The Balaban J connectivity index is 2.49. The second-order valence-corrected chi connectivity index (χ2v) is 3.13. The molecule has 0 amide bonds. The molecule has 2 aromatic heterocycles. The quantitative estimate of drug-likeness (QED) is 0.720. The Labute approximate surface area is 82.6 Å². The van der Waals surface area contributed by atoms with Crippen LogP contribution in [0.25, 0.3) is 11.4 Å². The Hall–Kier alpha value is -1.71. The Bertz CT molecular complexity index is 433. The topological polar surface area (TPSA) is 43.6 Å². The maximum Gasteiger partial charge on any atom is 0.163 e. The third-order valence-corrected chi connectivity index (χ3v) is 2.11. The van der Waals surface area contributed by atoms with Gasteiger partial charge >= 0.3 is 0 Å². The Kier molecular flexibility index (Phi) is 2.26. The summed E-state index contributed by atoms with van der Waals surface area (Å²) in [4.78, 5) is 4.15. The van der Waals surface area contributed by atoms with E-state index in [0.29, 0.717) is 0 Å². The van der Waals surface area contributed by atoms with E-state index in [9.17, 15) is 0 Å². The molecule has 2 heterocycles. The normalized spacial score (nSPS) is 10.4. The summed E-state index contributed by atoms with van der Waals surface area (Å²) in [5, 5.41) is 7.98. The molecule has 0 aliphatic rings. The van der Waals surface area contributed by atoms with Crippen molar-refractivity contribution in [3.63, 3.8) is 0 Å². The number of aromatic nitrogens is 4. The fraction of sp³-hybridized carbons (Fsp3) is 0.300. The molecule has 0 bridgehead atoms. The molecule has 0 aliphatic carbocycles. The zero-order valence-corrected chi connectivity index (χ0v) is 8.31. The first-order valence-electron chi connectivity index (χ1n) is 4.62. The van der Waals surface area contributed by atoms with Crippen LogP contribution in [0.5, 0.6) is 0 Å². The van der Waals surface area contributed by atoms with E-state index >= 15 is 0 Å². The minimum absolute atomic E-state index is 0.879. The lowest BCUT2D eigenvalue weighted by Gasteiger charge is -2.02. The predicted molar refractivity (Wildman–Crippen MR) is 53.7 cm³/mol. The highest BCUT2D eigenvalue weighted by Crippen LogP contribution is 2.15. The van der Waals surface area contributed by atoms with Crippen molar-refractivity contribution in [2.45, 2.75) is 20.4 Å². The molecular weight excluding hydrogens is 176 g/mol. The van der Waals surface area contributed by atoms with E-state index in [1.54, 1.807) is 12.5 Å². The summed E-state index contributed by atoms with van der Waals surface area (Å²) in [6, 6.07) is 3.96. The highest BCUT2D eigenvalue weighted by molar-refractivity contribution is 5.54. The summed E-state index contributed by atoms with van der Waals surface area (Å²) in [6.07, 6.45) is 3.53. The molecule has 0 spiro atoms. The lowest BCUT2D eigenvalue weighted by molar-refractivity contribution is 0.766. The third-order valence-electron chi connectivity index (χ3n) is 2.11. The van der Waals surface area contributed by atoms with E-state index in [0.717, 1.165) is 23.6 Å². The maximum atomic E-state index is 4.15. The van der Waals surface area contributed by atoms with Crippen LogP contribution in [0, 0.1) is 6.92 Å². The van der Waals surface area contributed by atoms with Gasteiger partial charge in [0.15, 0.2) is 5.82 Å². The van der Waals surface area contributed by atoms with Crippen LogP contribution in [-0.2, 0) is 6.54 Å². The van der Waals surface area contributed by atoms with E-state index < -0.39 is 0 Å². The molecule has 0 N–H and O–H groups in total. The van der Waals surface area contributed by atoms with Crippen LogP contribution in [0.2, 0.25) is 0 Å². The zero-order chi connectivity index (χ0) is 9.97. The van der Waals surface area contributed by atoms with E-state index in [2.05, 4.69) is 22.1 Å². The van der Waals surface area contributed by atoms with Crippen LogP contribution in [0.15, 0.2) is 24.7 Å². The molecule has 2 aromatic rings. The number of rotatable bonds is 2. The smallest absolute Gasteiger partial charge is 0.163 e. The molecule has 0 unspecified atom stereocenters. The van der Waals surface area contributed by atoms with Crippen molar-refractivity contribution in [2.24, 2.45) is 0 Å². The van der Waals surface area contributed by atoms with Gasteiger partial charge in [-0.2, -0.15) is 0 Å². The van der Waals surface area contributed by atoms with Crippen molar-refractivity contribution in [1.82, 2.24) is 19.7 Å². The van der Waals surface area contributed by atoms with Crippen LogP contribution in [-0.4, -0.2) is 19.7 Å². The molecule has 0 atom stereocenters. The van der Waals surface area contributed by atoms with Crippen molar-refractivity contribution in [3.8, 4) is 11.4 Å². The van der Waals surface area contributed by atoms with E-state index in [4.69, 9.17) is 0 Å². The second kappa shape index (κ2) is 3.57. The number of hydrogen-bond acceptors (Lipinski definition) is 3. The summed E-state index contributed by atoms with van der Waals surface area (Å²) < 4.78 is 2.01. The van der Waals surface area contributed by atoms with Crippen molar-refractivity contribution in [2.75, 3.05) is 0 Å². The van der Waals surface area contributed by atoms with Gasteiger partial charge in [0.25, 0.3) is 0 Å². The molecule has 4 heteroatoms. The summed E-state index contributed by atoms with van der Waals surface area (Å²) in [5.41, 5.74) is 2.06. The first kappa shape index (κ1) is 8.87. The van der Waals surface area contributed by atoms with E-state index in [1.165, 1.54) is 0 Å². The van der Waals surface area contributed by atoms with Gasteiger partial charge in [0.2, 0.25) is 0 Å². The highest BCUT2D eigenvalue weighted by Gasteiger charge is 2.05. The SMILES string of the molecule is CCn1cnnc1-c1ccnc(C)c1. The monoisotopic (exact) mass is 188 g/mol. The molecule has 0 saturated carbocycles. The standard InChI is InChI=1S/C10H12N4/c1-3-14-7-12-13-10(14)9-4-5-11-8(2)6-9/h4-7H,3H2,1-2H3. The Morgan fingerprint density at radius 2 is 2.29 bits per heavy atom. The average Bonchev–Trinajstić information content (AvgIpc) is 2.65. The van der Waals surface area contributed by atoms with E-state index in [1.807, 2.05) is 23.6 Å². The number of nitrogens with zero attached hydrogens (tertiary/aromatic N) is 4. The molecular formula is C10H12N4. The summed E-state index contributed by atoms with van der Waals surface area (Å²) in [5.74, 6) is 0.901. The largest absolute Gasteiger partial charge is 0.314 e. The van der Waals surface area contributed by atoms with E-state index in [-0.39, 0.29) is 0 Å². The molecule has 4 nitrogen and oxygen atoms in total. The van der Waals surface area contributed by atoms with Gasteiger partial charge in [0.05, 0.1) is 0 Å². The molecule has 0 radical (unpaired) electrons. The van der Waals surface area contributed by atoms with Crippen LogP contribution >= 0.6 is 0 Å². The van der Waals surface area contributed by atoms with Gasteiger partial charge in [-0.1, -0.05) is 0 Å². The van der Waals surface area contributed by atoms with Crippen LogP contribution in [0.4, 0.5) is 0 Å². The fourth-order valence-corrected chi connectivity index (χ4v) is 1.39. The average molecular weight is 188 g/mol. The number of pyridine rings is 1. The fourth-order valence-electron chi connectivity index (χ4n) is 1.39. The van der Waals surface area contributed by atoms with Crippen molar-refractivity contribution >= 4 is 0 Å². The third kappa shape index (κ3) is 1.51.